The molecule has 2 amide bonds. The molecule has 1 N–H and O–H groups in total. The highest BCUT2D eigenvalue weighted by molar-refractivity contribution is 5.92. The van der Waals surface area contributed by atoms with Crippen LogP contribution in [0.25, 0.3) is 11.1 Å². The van der Waals surface area contributed by atoms with Crippen molar-refractivity contribution in [2.24, 2.45) is 0 Å². The molecule has 0 unspecified atom stereocenters. The molecule has 8 heteroatoms. The summed E-state index contributed by atoms with van der Waals surface area (Å²) in [7, 11) is 1.58. The largest absolute Gasteiger partial charge is 0.369 e. The smallest absolute Gasteiger partial charge is 0.269 e. The minimum Gasteiger partial charge on any atom is -0.369 e. The van der Waals surface area contributed by atoms with Crippen LogP contribution in [0.3, 0.4) is 0 Å². The number of likely N-dealkylation sites (tertiary alicyclic amines) is 1. The molecular weight excluding hydrogens is 394 g/mol. The van der Waals surface area contributed by atoms with Gasteiger partial charge in [0.15, 0.2) is 0 Å². The van der Waals surface area contributed by atoms with Crippen LogP contribution >= 0.6 is 0 Å². The van der Waals surface area contributed by atoms with Gasteiger partial charge in [-0.15, -0.1) is 0 Å². The number of aromatic nitrogens is 2. The molecule has 164 valence electrons. The summed E-state index contributed by atoms with van der Waals surface area (Å²) in [4.78, 5) is 37.2. The lowest BCUT2D eigenvalue weighted by Crippen LogP contribution is -2.46. The van der Waals surface area contributed by atoms with E-state index in [2.05, 4.69) is 20.2 Å². The normalized spacial score (nSPS) is 19.8. The Labute approximate surface area is 182 Å². The Morgan fingerprint density at radius 2 is 1.77 bits per heavy atom. The number of ether oxygens (including phenoxy) is 1. The first-order valence-electron chi connectivity index (χ1n) is 10.9. The van der Waals surface area contributed by atoms with Crippen LogP contribution in [0.15, 0.2) is 36.7 Å². The van der Waals surface area contributed by atoms with Gasteiger partial charge in [0.05, 0.1) is 18.8 Å². The number of hydrogen-bond acceptors (Lipinski definition) is 6. The molecule has 8 nitrogen and oxygen atoms in total. The molecule has 0 radical (unpaired) electrons. The molecule has 0 saturated carbocycles. The van der Waals surface area contributed by atoms with Gasteiger partial charge in [-0.05, 0) is 31.4 Å². The zero-order valence-electron chi connectivity index (χ0n) is 17.9. The predicted octanol–water partition coefficient (Wildman–Crippen LogP) is 1.89. The molecule has 2 aromatic heterocycles. The van der Waals surface area contributed by atoms with Crippen molar-refractivity contribution in [3.63, 3.8) is 0 Å². The van der Waals surface area contributed by atoms with Gasteiger partial charge in [0.1, 0.15) is 11.8 Å². The van der Waals surface area contributed by atoms with E-state index in [0.717, 1.165) is 49.3 Å². The van der Waals surface area contributed by atoms with Gasteiger partial charge in [0.25, 0.3) is 5.91 Å². The van der Waals surface area contributed by atoms with Gasteiger partial charge in [-0.1, -0.05) is 12.1 Å². The van der Waals surface area contributed by atoms with Crippen molar-refractivity contribution in [1.82, 2.24) is 25.1 Å². The first-order chi connectivity index (χ1) is 15.1. The van der Waals surface area contributed by atoms with Gasteiger partial charge in [-0.25, -0.2) is 0 Å². The van der Waals surface area contributed by atoms with E-state index in [0.29, 0.717) is 25.4 Å². The monoisotopic (exact) mass is 423 g/mol. The molecule has 4 heterocycles. The van der Waals surface area contributed by atoms with E-state index in [1.165, 1.54) is 6.42 Å². The molecule has 31 heavy (non-hydrogen) atoms. The van der Waals surface area contributed by atoms with E-state index in [9.17, 15) is 9.59 Å². The van der Waals surface area contributed by atoms with Crippen molar-refractivity contribution in [3.8, 4) is 11.1 Å². The number of hydrogen-bond donors (Lipinski definition) is 1. The number of carbonyl (C=O) groups is 2. The highest BCUT2D eigenvalue weighted by Gasteiger charge is 2.26. The maximum atomic E-state index is 12.6. The molecule has 2 aromatic rings. The van der Waals surface area contributed by atoms with Gasteiger partial charge in [-0.3, -0.25) is 24.5 Å². The molecule has 2 saturated heterocycles. The molecule has 2 aliphatic heterocycles. The fraction of sp³-hybridized carbons (Fsp3) is 0.478. The Balaban J connectivity index is 1.37. The van der Waals surface area contributed by atoms with E-state index in [1.807, 2.05) is 23.1 Å². The first-order valence-corrected chi connectivity index (χ1v) is 10.9. The number of piperidine rings is 1. The highest BCUT2D eigenvalue weighted by atomic mass is 16.5. The van der Waals surface area contributed by atoms with Gasteiger partial charge < -0.3 is 15.0 Å². The Morgan fingerprint density at radius 3 is 2.42 bits per heavy atom. The van der Waals surface area contributed by atoms with Gasteiger partial charge >= 0.3 is 0 Å². The van der Waals surface area contributed by atoms with Crippen LogP contribution in [0.2, 0.25) is 0 Å². The molecule has 0 aliphatic carbocycles. The molecule has 4 rings (SSSR count). The number of rotatable bonds is 5. The second-order valence-corrected chi connectivity index (χ2v) is 8.02. The van der Waals surface area contributed by atoms with Crippen molar-refractivity contribution < 1.29 is 14.3 Å². The number of nitrogens with zero attached hydrogens (tertiary/aromatic N) is 4. The summed E-state index contributed by atoms with van der Waals surface area (Å²) in [5, 5.41) is 2.56. The summed E-state index contributed by atoms with van der Waals surface area (Å²) in [6.45, 7) is 4.22. The Morgan fingerprint density at radius 1 is 1.03 bits per heavy atom. The topological polar surface area (TPSA) is 87.7 Å². The van der Waals surface area contributed by atoms with Crippen molar-refractivity contribution in [3.05, 3.63) is 48.0 Å². The summed E-state index contributed by atoms with van der Waals surface area (Å²) in [6.07, 6.45) is 6.76. The van der Waals surface area contributed by atoms with E-state index >= 15 is 0 Å². The molecule has 0 aromatic carbocycles. The third-order valence-corrected chi connectivity index (χ3v) is 5.89. The number of morpholine rings is 1. The van der Waals surface area contributed by atoms with Crippen molar-refractivity contribution in [2.75, 3.05) is 46.4 Å². The second kappa shape index (κ2) is 9.98. The van der Waals surface area contributed by atoms with Gasteiger partial charge in [0, 0.05) is 56.7 Å². The van der Waals surface area contributed by atoms with Gasteiger partial charge in [-0.2, -0.15) is 0 Å². The quantitative estimate of drug-likeness (QED) is 0.790. The van der Waals surface area contributed by atoms with E-state index in [4.69, 9.17) is 4.74 Å². The summed E-state index contributed by atoms with van der Waals surface area (Å²) < 4.78 is 5.94. The van der Waals surface area contributed by atoms with Crippen LogP contribution in [-0.2, 0) is 9.53 Å². The average molecular weight is 424 g/mol. The predicted molar refractivity (Wildman–Crippen MR) is 116 cm³/mol. The standard InChI is InChI=1S/C23H29N5O3/c1-24-23(30)20-8-6-18(14-26-20)17-5-7-19(25-13-17)21-15-27(11-12-31-21)16-22(29)28-9-3-2-4-10-28/h5-8,13-14,21H,2-4,9-12,15-16H2,1H3,(H,24,30)/t21-/m1/s1. The number of nitrogens with one attached hydrogen (secondary N) is 1. The maximum Gasteiger partial charge on any atom is 0.269 e. The summed E-state index contributed by atoms with van der Waals surface area (Å²) in [6, 6.07) is 7.51. The fourth-order valence-corrected chi connectivity index (χ4v) is 4.05. The van der Waals surface area contributed by atoms with Gasteiger partial charge in [0.2, 0.25) is 5.91 Å². The third-order valence-electron chi connectivity index (χ3n) is 5.89. The molecule has 0 spiro atoms. The van der Waals surface area contributed by atoms with E-state index in [-0.39, 0.29) is 17.9 Å². The SMILES string of the molecule is CNC(=O)c1ccc(-c2ccc([C@H]3CN(CC(=O)N4CCCCC4)CCO3)nc2)cn1. The Bertz CT molecular complexity index is 894. The zero-order valence-corrected chi connectivity index (χ0v) is 17.9. The fourth-order valence-electron chi connectivity index (χ4n) is 4.05. The van der Waals surface area contributed by atoms with Crippen LogP contribution in [0.1, 0.15) is 41.5 Å². The lowest BCUT2D eigenvalue weighted by atomic mass is 10.1. The molecular formula is C23H29N5O3. The second-order valence-electron chi connectivity index (χ2n) is 8.02. The number of carbonyl (C=O) groups excluding carboxylic acids is 2. The summed E-state index contributed by atoms with van der Waals surface area (Å²) in [5.41, 5.74) is 3.05. The lowest BCUT2D eigenvalue weighted by molar-refractivity contribution is -0.135. The number of pyridine rings is 2. The van der Waals surface area contributed by atoms with Crippen LogP contribution in [-0.4, -0.2) is 78.0 Å². The minimum absolute atomic E-state index is 0.147. The van der Waals surface area contributed by atoms with Crippen LogP contribution in [0, 0.1) is 0 Å². The summed E-state index contributed by atoms with van der Waals surface area (Å²) in [5.74, 6) is 0.00847. The molecule has 2 fully saturated rings. The molecule has 2 aliphatic rings. The van der Waals surface area contributed by atoms with Crippen LogP contribution in [0.5, 0.6) is 0 Å². The van der Waals surface area contributed by atoms with Crippen molar-refractivity contribution >= 4 is 11.8 Å². The maximum absolute atomic E-state index is 12.6. The minimum atomic E-state index is -0.210. The zero-order chi connectivity index (χ0) is 21.6. The Hall–Kier alpha value is -2.84. The van der Waals surface area contributed by atoms with E-state index < -0.39 is 0 Å². The summed E-state index contributed by atoms with van der Waals surface area (Å²) >= 11 is 0. The highest BCUT2D eigenvalue weighted by Crippen LogP contribution is 2.24. The molecule has 0 bridgehead atoms. The molecule has 1 atom stereocenters. The van der Waals surface area contributed by atoms with Crippen molar-refractivity contribution in [1.29, 1.82) is 0 Å². The average Bonchev–Trinajstić information content (AvgIpc) is 2.84. The van der Waals surface area contributed by atoms with Crippen LogP contribution in [0.4, 0.5) is 0 Å². The lowest BCUT2D eigenvalue weighted by Gasteiger charge is -2.34. The third kappa shape index (κ3) is 5.26. The van der Waals surface area contributed by atoms with E-state index in [1.54, 1.807) is 25.5 Å². The Kier molecular flexibility index (Phi) is 6.89. The number of amides is 2. The first kappa shape index (κ1) is 21.4. The van der Waals surface area contributed by atoms with Crippen molar-refractivity contribution in [2.45, 2.75) is 25.4 Å². The van der Waals surface area contributed by atoms with Crippen LogP contribution < -0.4 is 5.32 Å².